The minimum absolute atomic E-state index is 1.16. The van der Waals surface area contributed by atoms with E-state index in [1.807, 2.05) is 0 Å². The molecule has 0 amide bonds. The largest absolute Gasteiger partial charge is 0.314 e. The number of H-pyrrole nitrogens is 1. The molecule has 2 N–H and O–H groups in total. The quantitative estimate of drug-likeness (QED) is 0.507. The first kappa shape index (κ1) is 9.08. The Kier molecular flexibility index (Phi) is 4.25. The van der Waals surface area contributed by atoms with Gasteiger partial charge in [-0.1, -0.05) is 0 Å². The lowest BCUT2D eigenvalue weighted by Gasteiger charge is -2.21. The third kappa shape index (κ3) is 3.99. The first-order chi connectivity index (χ1) is 5.89. The molecule has 0 unspecified atom stereocenters. The summed E-state index contributed by atoms with van der Waals surface area (Å²) in [5, 5.41) is 15.4. The third-order valence-corrected chi connectivity index (χ3v) is 1.61. The summed E-state index contributed by atoms with van der Waals surface area (Å²) in [6, 6.07) is 0. The molecule has 0 aromatic carbocycles. The molecular formula is C6H14N6. The van der Waals surface area contributed by atoms with E-state index in [9.17, 15) is 0 Å². The Balaban J connectivity index is 0.000000127. The number of piperazine rings is 1. The second kappa shape index (κ2) is 5.62. The van der Waals surface area contributed by atoms with Crippen LogP contribution in [0, 0.1) is 0 Å². The molecule has 6 nitrogen and oxygen atoms in total. The van der Waals surface area contributed by atoms with Crippen molar-refractivity contribution in [2.45, 2.75) is 0 Å². The van der Waals surface area contributed by atoms with Crippen LogP contribution < -0.4 is 5.32 Å². The number of aromatic amines is 1. The van der Waals surface area contributed by atoms with Gasteiger partial charge in [0.25, 0.3) is 0 Å². The average molecular weight is 170 g/mol. The summed E-state index contributed by atoms with van der Waals surface area (Å²) in [4.78, 5) is 2.33. The van der Waals surface area contributed by atoms with E-state index < -0.39 is 0 Å². The van der Waals surface area contributed by atoms with Crippen molar-refractivity contribution in [1.29, 1.82) is 0 Å². The second-order valence-corrected chi connectivity index (χ2v) is 2.62. The van der Waals surface area contributed by atoms with Crippen molar-refractivity contribution >= 4 is 0 Å². The zero-order valence-corrected chi connectivity index (χ0v) is 7.19. The molecule has 2 rings (SSSR count). The van der Waals surface area contributed by atoms with Gasteiger partial charge in [0.05, 0.1) is 0 Å². The number of hydrogen-bond acceptors (Lipinski definition) is 5. The maximum atomic E-state index is 3.31. The van der Waals surface area contributed by atoms with Gasteiger partial charge in [-0.2, -0.15) is 0 Å². The van der Waals surface area contributed by atoms with Crippen LogP contribution in [0.3, 0.4) is 0 Å². The number of tetrazole rings is 1. The zero-order valence-electron chi connectivity index (χ0n) is 7.19. The van der Waals surface area contributed by atoms with Gasteiger partial charge in [0.2, 0.25) is 0 Å². The van der Waals surface area contributed by atoms with Gasteiger partial charge in [0, 0.05) is 26.2 Å². The molecule has 6 heteroatoms. The highest BCUT2D eigenvalue weighted by Crippen LogP contribution is 1.82. The number of aromatic nitrogens is 4. The molecule has 1 aromatic rings. The molecule has 68 valence electrons. The number of hydrogen-bond donors (Lipinski definition) is 2. The summed E-state index contributed by atoms with van der Waals surface area (Å²) < 4.78 is 0. The molecule has 0 radical (unpaired) electrons. The minimum Gasteiger partial charge on any atom is -0.314 e. The second-order valence-electron chi connectivity index (χ2n) is 2.62. The van der Waals surface area contributed by atoms with E-state index in [0.717, 1.165) is 13.1 Å². The normalized spacial score (nSPS) is 18.1. The molecule has 2 heterocycles. The Labute approximate surface area is 71.3 Å². The number of nitrogens with one attached hydrogen (secondary N) is 2. The van der Waals surface area contributed by atoms with Crippen molar-refractivity contribution < 1.29 is 0 Å². The molecule has 1 aliphatic heterocycles. The van der Waals surface area contributed by atoms with Gasteiger partial charge in [0.1, 0.15) is 6.33 Å². The lowest BCUT2D eigenvalue weighted by atomic mass is 10.4. The van der Waals surface area contributed by atoms with Gasteiger partial charge in [-0.3, -0.25) is 0 Å². The van der Waals surface area contributed by atoms with E-state index in [2.05, 4.69) is 37.9 Å². The smallest absolute Gasteiger partial charge is 0.135 e. The lowest BCUT2D eigenvalue weighted by Crippen LogP contribution is -2.40. The fourth-order valence-electron chi connectivity index (χ4n) is 0.906. The van der Waals surface area contributed by atoms with Crippen LogP contribution in [0.25, 0.3) is 0 Å². The maximum Gasteiger partial charge on any atom is 0.135 e. The highest BCUT2D eigenvalue weighted by atomic mass is 15.5. The molecule has 1 aromatic heterocycles. The van der Waals surface area contributed by atoms with E-state index in [1.54, 1.807) is 0 Å². The van der Waals surface area contributed by atoms with Crippen molar-refractivity contribution in [2.75, 3.05) is 33.2 Å². The Morgan fingerprint density at radius 3 is 2.33 bits per heavy atom. The Morgan fingerprint density at radius 2 is 2.08 bits per heavy atom. The van der Waals surface area contributed by atoms with E-state index in [4.69, 9.17) is 0 Å². The summed E-state index contributed by atoms with van der Waals surface area (Å²) >= 11 is 0. The Bertz CT molecular complexity index is 151. The van der Waals surface area contributed by atoms with Gasteiger partial charge in [-0.15, -0.1) is 5.10 Å². The number of likely N-dealkylation sites (N-methyl/N-ethyl adjacent to an activating group) is 1. The zero-order chi connectivity index (χ0) is 8.65. The molecular weight excluding hydrogens is 156 g/mol. The molecule has 0 atom stereocenters. The summed E-state index contributed by atoms with van der Waals surface area (Å²) in [6.45, 7) is 4.74. The lowest BCUT2D eigenvalue weighted by molar-refractivity contribution is 0.291. The Hall–Kier alpha value is -1.01. The van der Waals surface area contributed by atoms with Crippen LogP contribution in [0.2, 0.25) is 0 Å². The monoisotopic (exact) mass is 170 g/mol. The molecule has 1 saturated heterocycles. The molecule has 0 bridgehead atoms. The van der Waals surface area contributed by atoms with Crippen LogP contribution in [-0.4, -0.2) is 58.8 Å². The van der Waals surface area contributed by atoms with Crippen molar-refractivity contribution in [2.24, 2.45) is 0 Å². The molecule has 1 aliphatic rings. The van der Waals surface area contributed by atoms with Crippen molar-refractivity contribution in [1.82, 2.24) is 30.8 Å². The third-order valence-electron chi connectivity index (χ3n) is 1.61. The fraction of sp³-hybridized carbons (Fsp3) is 0.833. The van der Waals surface area contributed by atoms with Gasteiger partial charge in [0.15, 0.2) is 0 Å². The van der Waals surface area contributed by atoms with E-state index in [1.165, 1.54) is 19.4 Å². The van der Waals surface area contributed by atoms with Gasteiger partial charge in [-0.25, -0.2) is 5.10 Å². The SMILES string of the molecule is CN1CCNCC1.c1nnn[nH]1. The van der Waals surface area contributed by atoms with Gasteiger partial charge < -0.3 is 10.2 Å². The predicted octanol–water partition coefficient (Wildman–Crippen LogP) is -1.28. The first-order valence-electron chi connectivity index (χ1n) is 3.96. The highest BCUT2D eigenvalue weighted by molar-refractivity contribution is 4.62. The van der Waals surface area contributed by atoms with Crippen molar-refractivity contribution in [3.05, 3.63) is 6.33 Å². The maximum absolute atomic E-state index is 3.31. The van der Waals surface area contributed by atoms with E-state index in [0.29, 0.717) is 0 Å². The predicted molar refractivity (Wildman–Crippen MR) is 44.5 cm³/mol. The minimum atomic E-state index is 1.16. The molecule has 0 saturated carbocycles. The van der Waals surface area contributed by atoms with Crippen LogP contribution >= 0.6 is 0 Å². The van der Waals surface area contributed by atoms with Crippen LogP contribution in [0.15, 0.2) is 6.33 Å². The standard InChI is InChI=1S/C5H12N2.CH2N4/c1-7-4-2-6-3-5-7;1-2-4-5-3-1/h6H,2-5H2,1H3;1H,(H,2,3,4,5). The summed E-state index contributed by atoms with van der Waals surface area (Å²) in [5.41, 5.74) is 0. The first-order valence-corrected chi connectivity index (χ1v) is 3.96. The average Bonchev–Trinajstić information content (AvgIpc) is 2.62. The summed E-state index contributed by atoms with van der Waals surface area (Å²) in [5.74, 6) is 0. The molecule has 0 spiro atoms. The van der Waals surface area contributed by atoms with Crippen LogP contribution in [0.5, 0.6) is 0 Å². The van der Waals surface area contributed by atoms with Crippen LogP contribution in [0.4, 0.5) is 0 Å². The topological polar surface area (TPSA) is 69.7 Å². The highest BCUT2D eigenvalue weighted by Gasteiger charge is 2.01. The van der Waals surface area contributed by atoms with E-state index in [-0.39, 0.29) is 0 Å². The molecule has 0 aliphatic carbocycles. The van der Waals surface area contributed by atoms with Gasteiger partial charge >= 0.3 is 0 Å². The van der Waals surface area contributed by atoms with Crippen LogP contribution in [-0.2, 0) is 0 Å². The molecule has 1 fully saturated rings. The molecule has 12 heavy (non-hydrogen) atoms. The van der Waals surface area contributed by atoms with Gasteiger partial charge in [-0.05, 0) is 17.5 Å². The van der Waals surface area contributed by atoms with Crippen molar-refractivity contribution in [3.63, 3.8) is 0 Å². The van der Waals surface area contributed by atoms with Crippen LogP contribution in [0.1, 0.15) is 0 Å². The Morgan fingerprint density at radius 1 is 1.33 bits per heavy atom. The van der Waals surface area contributed by atoms with E-state index >= 15 is 0 Å². The fourth-order valence-corrected chi connectivity index (χ4v) is 0.906. The number of rotatable bonds is 0. The number of nitrogens with zero attached hydrogens (tertiary/aromatic N) is 4. The summed E-state index contributed by atoms with van der Waals surface area (Å²) in [7, 11) is 2.15. The summed E-state index contributed by atoms with van der Waals surface area (Å²) in [6.07, 6.45) is 1.40. The van der Waals surface area contributed by atoms with Crippen molar-refractivity contribution in [3.8, 4) is 0 Å².